The maximum absolute atomic E-state index is 12.1. The number of thioether (sulfide) groups is 1. The fourth-order valence-electron chi connectivity index (χ4n) is 2.49. The zero-order valence-corrected chi connectivity index (χ0v) is 16.0. The lowest BCUT2D eigenvalue weighted by Crippen LogP contribution is -2.14. The summed E-state index contributed by atoms with van der Waals surface area (Å²) in [4.78, 5) is 15.3. The van der Waals surface area contributed by atoms with Gasteiger partial charge in [0.15, 0.2) is 11.0 Å². The van der Waals surface area contributed by atoms with Crippen LogP contribution in [0.2, 0.25) is 0 Å². The molecular weight excluding hydrogens is 344 g/mol. The van der Waals surface area contributed by atoms with Crippen LogP contribution in [0.15, 0.2) is 47.6 Å². The van der Waals surface area contributed by atoms with E-state index in [1.165, 1.54) is 22.9 Å². The number of hydrogen-bond acceptors (Lipinski definition) is 4. The van der Waals surface area contributed by atoms with Crippen LogP contribution in [-0.2, 0) is 11.2 Å². The molecule has 0 aliphatic carbocycles. The van der Waals surface area contributed by atoms with Crippen molar-refractivity contribution in [2.75, 3.05) is 11.1 Å². The van der Waals surface area contributed by atoms with E-state index < -0.39 is 0 Å². The number of nitrogens with zero attached hydrogens (tertiary/aromatic N) is 2. The number of aromatic amines is 1. The molecule has 1 amide bonds. The Morgan fingerprint density at radius 2 is 1.85 bits per heavy atom. The van der Waals surface area contributed by atoms with Crippen molar-refractivity contribution >= 4 is 23.4 Å². The van der Waals surface area contributed by atoms with Gasteiger partial charge in [-0.2, -0.15) is 0 Å². The van der Waals surface area contributed by atoms with Crippen LogP contribution in [0.25, 0.3) is 11.4 Å². The van der Waals surface area contributed by atoms with Crippen LogP contribution in [0.1, 0.15) is 23.6 Å². The number of hydrogen-bond donors (Lipinski definition) is 2. The van der Waals surface area contributed by atoms with Gasteiger partial charge in [-0.05, 0) is 49.1 Å². The Balaban J connectivity index is 1.56. The second-order valence-electron chi connectivity index (χ2n) is 6.17. The maximum atomic E-state index is 12.1. The molecule has 0 aliphatic heterocycles. The van der Waals surface area contributed by atoms with Gasteiger partial charge in [-0.1, -0.05) is 49.0 Å². The minimum Gasteiger partial charge on any atom is -0.325 e. The van der Waals surface area contributed by atoms with Gasteiger partial charge >= 0.3 is 0 Å². The van der Waals surface area contributed by atoms with Crippen LogP contribution in [0.5, 0.6) is 0 Å². The molecule has 1 aromatic heterocycles. The van der Waals surface area contributed by atoms with E-state index in [4.69, 9.17) is 0 Å². The van der Waals surface area contributed by atoms with Gasteiger partial charge in [-0.3, -0.25) is 4.79 Å². The first kappa shape index (κ1) is 18.2. The normalized spacial score (nSPS) is 10.7. The van der Waals surface area contributed by atoms with Crippen molar-refractivity contribution < 1.29 is 4.79 Å². The highest BCUT2D eigenvalue weighted by Gasteiger charge is 2.09. The van der Waals surface area contributed by atoms with Crippen LogP contribution < -0.4 is 5.32 Å². The van der Waals surface area contributed by atoms with Gasteiger partial charge in [0.1, 0.15) is 0 Å². The minimum atomic E-state index is -0.0662. The highest BCUT2D eigenvalue weighted by molar-refractivity contribution is 7.99. The van der Waals surface area contributed by atoms with Gasteiger partial charge < -0.3 is 10.3 Å². The zero-order valence-electron chi connectivity index (χ0n) is 15.2. The minimum absolute atomic E-state index is 0.0662. The Hall–Kier alpha value is -2.60. The van der Waals surface area contributed by atoms with Gasteiger partial charge in [0, 0.05) is 11.3 Å². The number of carbonyl (C=O) groups is 1. The number of aryl methyl sites for hydroxylation is 3. The Labute approximate surface area is 157 Å². The summed E-state index contributed by atoms with van der Waals surface area (Å²) < 4.78 is 0. The summed E-state index contributed by atoms with van der Waals surface area (Å²) in [5, 5.41) is 11.8. The molecule has 1 heterocycles. The largest absolute Gasteiger partial charge is 0.325 e. The quantitative estimate of drug-likeness (QED) is 0.635. The van der Waals surface area contributed by atoms with Gasteiger partial charge in [-0.15, -0.1) is 10.2 Å². The second-order valence-corrected chi connectivity index (χ2v) is 7.13. The van der Waals surface area contributed by atoms with Gasteiger partial charge in [-0.25, -0.2) is 0 Å². The predicted octanol–water partition coefficient (Wildman–Crippen LogP) is 4.38. The molecule has 0 aliphatic rings. The monoisotopic (exact) mass is 366 g/mol. The third kappa shape index (κ3) is 4.52. The van der Waals surface area contributed by atoms with Crippen molar-refractivity contribution in [1.29, 1.82) is 0 Å². The van der Waals surface area contributed by atoms with Crippen molar-refractivity contribution in [1.82, 2.24) is 15.2 Å². The molecule has 0 saturated heterocycles. The number of carbonyl (C=O) groups excluding carboxylic acids is 1. The van der Waals surface area contributed by atoms with Crippen molar-refractivity contribution in [2.24, 2.45) is 0 Å². The molecule has 134 valence electrons. The van der Waals surface area contributed by atoms with E-state index in [-0.39, 0.29) is 11.7 Å². The Morgan fingerprint density at radius 3 is 2.54 bits per heavy atom. The molecule has 2 N–H and O–H groups in total. The number of amides is 1. The molecule has 6 heteroatoms. The molecule has 0 atom stereocenters. The molecule has 2 aromatic carbocycles. The lowest BCUT2D eigenvalue weighted by Gasteiger charge is -2.07. The topological polar surface area (TPSA) is 70.7 Å². The van der Waals surface area contributed by atoms with Crippen molar-refractivity contribution in [3.8, 4) is 11.4 Å². The van der Waals surface area contributed by atoms with E-state index in [1.807, 2.05) is 44.2 Å². The van der Waals surface area contributed by atoms with E-state index in [1.54, 1.807) is 0 Å². The molecule has 0 radical (unpaired) electrons. The fraction of sp³-hybridized carbons (Fsp3) is 0.250. The number of rotatable bonds is 6. The Kier molecular flexibility index (Phi) is 5.73. The molecule has 3 aromatic rings. The highest BCUT2D eigenvalue weighted by atomic mass is 32.2. The number of benzene rings is 2. The summed E-state index contributed by atoms with van der Waals surface area (Å²) in [6.45, 7) is 6.21. The summed E-state index contributed by atoms with van der Waals surface area (Å²) in [7, 11) is 0. The SMILES string of the molecule is CCc1ccc(-c2nnc(SCC(=O)Nc3ccc(C)c(C)c3)[nH]2)cc1. The Morgan fingerprint density at radius 1 is 1.08 bits per heavy atom. The van der Waals surface area contributed by atoms with E-state index in [9.17, 15) is 4.79 Å². The first-order chi connectivity index (χ1) is 12.5. The second kappa shape index (κ2) is 8.19. The van der Waals surface area contributed by atoms with Crippen LogP contribution >= 0.6 is 11.8 Å². The van der Waals surface area contributed by atoms with E-state index in [2.05, 4.69) is 39.6 Å². The Bertz CT molecular complexity index is 902. The van der Waals surface area contributed by atoms with Crippen molar-refractivity contribution in [3.05, 3.63) is 59.2 Å². The molecule has 0 saturated carbocycles. The molecule has 26 heavy (non-hydrogen) atoms. The van der Waals surface area contributed by atoms with Crippen molar-refractivity contribution in [2.45, 2.75) is 32.3 Å². The van der Waals surface area contributed by atoms with Crippen LogP contribution in [0.4, 0.5) is 5.69 Å². The van der Waals surface area contributed by atoms with E-state index in [0.29, 0.717) is 11.0 Å². The molecule has 0 fully saturated rings. The average Bonchev–Trinajstić information content (AvgIpc) is 3.12. The third-order valence-electron chi connectivity index (χ3n) is 4.23. The number of nitrogens with one attached hydrogen (secondary N) is 2. The van der Waals surface area contributed by atoms with Crippen LogP contribution in [0, 0.1) is 13.8 Å². The number of anilines is 1. The summed E-state index contributed by atoms with van der Waals surface area (Å²) in [6.07, 6.45) is 1.01. The molecule has 5 nitrogen and oxygen atoms in total. The summed E-state index contributed by atoms with van der Waals surface area (Å²) in [6, 6.07) is 14.1. The third-order valence-corrected chi connectivity index (χ3v) is 5.10. The summed E-state index contributed by atoms with van der Waals surface area (Å²) >= 11 is 1.34. The molecule has 0 bridgehead atoms. The standard InChI is InChI=1S/C20H22N4OS/c1-4-15-6-8-16(9-7-15)19-22-20(24-23-19)26-12-18(25)21-17-10-5-13(2)14(3)11-17/h5-11H,4,12H2,1-3H3,(H,21,25)(H,22,23,24). The van der Waals surface area contributed by atoms with Crippen LogP contribution in [0.3, 0.4) is 0 Å². The lowest BCUT2D eigenvalue weighted by molar-refractivity contribution is -0.113. The first-order valence-electron chi connectivity index (χ1n) is 8.57. The smallest absolute Gasteiger partial charge is 0.234 e. The highest BCUT2D eigenvalue weighted by Crippen LogP contribution is 2.20. The maximum Gasteiger partial charge on any atom is 0.234 e. The summed E-state index contributed by atoms with van der Waals surface area (Å²) in [5.74, 6) is 0.921. The average molecular weight is 366 g/mol. The van der Waals surface area contributed by atoms with Crippen LogP contribution in [-0.4, -0.2) is 26.8 Å². The first-order valence-corrected chi connectivity index (χ1v) is 9.55. The van der Waals surface area contributed by atoms with Crippen molar-refractivity contribution in [3.63, 3.8) is 0 Å². The van der Waals surface area contributed by atoms with E-state index >= 15 is 0 Å². The van der Waals surface area contributed by atoms with Gasteiger partial charge in [0.25, 0.3) is 0 Å². The predicted molar refractivity (Wildman–Crippen MR) is 106 cm³/mol. The van der Waals surface area contributed by atoms with Gasteiger partial charge in [0.2, 0.25) is 5.91 Å². The van der Waals surface area contributed by atoms with Gasteiger partial charge in [0.05, 0.1) is 5.75 Å². The van der Waals surface area contributed by atoms with E-state index in [0.717, 1.165) is 23.2 Å². The fourth-order valence-corrected chi connectivity index (χ4v) is 3.10. The molecule has 0 spiro atoms. The number of aromatic nitrogens is 3. The lowest BCUT2D eigenvalue weighted by atomic mass is 10.1. The zero-order chi connectivity index (χ0) is 18.5. The molecule has 0 unspecified atom stereocenters. The molecular formula is C20H22N4OS. The molecule has 3 rings (SSSR count). The number of H-pyrrole nitrogens is 1. The summed E-state index contributed by atoms with van der Waals surface area (Å²) in [5.41, 5.74) is 5.45.